The van der Waals surface area contributed by atoms with Crippen LogP contribution in [0.1, 0.15) is 98.7 Å². The van der Waals surface area contributed by atoms with Crippen molar-refractivity contribution in [3.8, 4) is 0 Å². The number of hydrogen-bond acceptors (Lipinski definition) is 6. The Morgan fingerprint density at radius 3 is 2.31 bits per heavy atom. The zero-order valence-electron chi connectivity index (χ0n) is 23.1. The van der Waals surface area contributed by atoms with Crippen LogP contribution in [0.5, 0.6) is 0 Å². The van der Waals surface area contributed by atoms with Crippen LogP contribution < -0.4 is 0 Å². The SMILES string of the molecule is CC(C)(C)c1cc(C2CCC(F)(F)CC2)nc2cc(C(=O)N3CCN(C(=O)c4ncccn4)CC3(C)C)oc12. The molecule has 3 aromatic rings. The number of nitrogens with zero attached hydrogens (tertiary/aromatic N) is 5. The molecule has 2 amide bonds. The number of fused-ring (bicyclic) bond motifs is 1. The third-order valence-electron chi connectivity index (χ3n) is 7.84. The van der Waals surface area contributed by atoms with Crippen molar-refractivity contribution >= 4 is 22.9 Å². The average Bonchev–Trinajstić information content (AvgIpc) is 3.31. The number of pyridine rings is 1. The Balaban J connectivity index is 1.42. The first kappa shape index (κ1) is 27.1. The van der Waals surface area contributed by atoms with Gasteiger partial charge in [0.2, 0.25) is 11.7 Å². The van der Waals surface area contributed by atoms with E-state index in [9.17, 15) is 18.4 Å². The Morgan fingerprint density at radius 1 is 1.03 bits per heavy atom. The second-order valence-corrected chi connectivity index (χ2v) is 12.4. The number of rotatable bonds is 3. The lowest BCUT2D eigenvalue weighted by atomic mass is 9.81. The van der Waals surface area contributed by atoms with E-state index in [1.165, 1.54) is 12.4 Å². The van der Waals surface area contributed by atoms with Gasteiger partial charge in [-0.3, -0.25) is 9.59 Å². The van der Waals surface area contributed by atoms with Crippen LogP contribution in [0.15, 0.2) is 35.0 Å². The summed E-state index contributed by atoms with van der Waals surface area (Å²) < 4.78 is 33.8. The summed E-state index contributed by atoms with van der Waals surface area (Å²) in [6.45, 7) is 11.0. The molecule has 1 aliphatic heterocycles. The summed E-state index contributed by atoms with van der Waals surface area (Å²) in [5.41, 5.74) is 1.80. The standard InChI is InChI=1S/C29H35F2N5O3/c1-27(2,3)19-15-20(18-7-9-29(30,31)10-8-18)34-21-16-22(39-23(19)21)25(37)36-14-13-35(17-28(36,4)5)26(38)24-32-11-6-12-33-24/h6,11-12,15-16,18H,7-10,13-14,17H2,1-5H3. The molecule has 2 fully saturated rings. The van der Waals surface area contributed by atoms with Gasteiger partial charge in [0.15, 0.2) is 11.3 Å². The van der Waals surface area contributed by atoms with E-state index in [2.05, 4.69) is 30.7 Å². The molecule has 0 atom stereocenters. The van der Waals surface area contributed by atoms with Gasteiger partial charge in [-0.05, 0) is 44.2 Å². The lowest BCUT2D eigenvalue weighted by Gasteiger charge is -2.46. The van der Waals surface area contributed by atoms with Crippen LogP contribution in [0, 0.1) is 0 Å². The number of carbonyl (C=O) groups excluding carboxylic acids is 2. The monoisotopic (exact) mass is 539 g/mol. The van der Waals surface area contributed by atoms with Gasteiger partial charge < -0.3 is 14.2 Å². The highest BCUT2D eigenvalue weighted by molar-refractivity contribution is 5.97. The molecule has 3 aromatic heterocycles. The van der Waals surface area contributed by atoms with Gasteiger partial charge in [-0.15, -0.1) is 0 Å². The van der Waals surface area contributed by atoms with Gasteiger partial charge in [-0.2, -0.15) is 0 Å². The number of furan rings is 1. The van der Waals surface area contributed by atoms with Crippen molar-refractivity contribution < 1.29 is 22.8 Å². The first-order valence-corrected chi connectivity index (χ1v) is 13.5. The summed E-state index contributed by atoms with van der Waals surface area (Å²) in [6, 6.07) is 5.29. The van der Waals surface area contributed by atoms with E-state index < -0.39 is 11.5 Å². The minimum Gasteiger partial charge on any atom is -0.449 e. The van der Waals surface area contributed by atoms with Crippen LogP contribution in [0.2, 0.25) is 0 Å². The van der Waals surface area contributed by atoms with E-state index in [1.807, 2.05) is 19.9 Å². The summed E-state index contributed by atoms with van der Waals surface area (Å²) in [4.78, 5) is 43.0. The first-order valence-electron chi connectivity index (χ1n) is 13.5. The molecule has 2 aliphatic rings. The Hall–Kier alpha value is -3.43. The summed E-state index contributed by atoms with van der Waals surface area (Å²) in [5.74, 6) is -2.91. The number of hydrogen-bond donors (Lipinski definition) is 0. The van der Waals surface area contributed by atoms with Crippen LogP contribution >= 0.6 is 0 Å². The van der Waals surface area contributed by atoms with Crippen LogP contribution in [0.25, 0.3) is 11.1 Å². The minimum atomic E-state index is -2.61. The second kappa shape index (κ2) is 9.64. The molecule has 208 valence electrons. The van der Waals surface area contributed by atoms with Crippen molar-refractivity contribution in [1.29, 1.82) is 0 Å². The van der Waals surface area contributed by atoms with Crippen LogP contribution in [-0.2, 0) is 5.41 Å². The van der Waals surface area contributed by atoms with E-state index in [0.29, 0.717) is 43.6 Å². The smallest absolute Gasteiger partial charge is 0.291 e. The molecule has 0 spiro atoms. The van der Waals surface area contributed by atoms with Crippen molar-refractivity contribution in [2.75, 3.05) is 19.6 Å². The molecular weight excluding hydrogens is 504 g/mol. The number of alkyl halides is 2. The number of amides is 2. The average molecular weight is 540 g/mol. The maximum atomic E-state index is 13.8. The first-order chi connectivity index (χ1) is 18.2. The largest absolute Gasteiger partial charge is 0.449 e. The van der Waals surface area contributed by atoms with Crippen molar-refractivity contribution in [2.24, 2.45) is 0 Å². The highest BCUT2D eigenvalue weighted by Crippen LogP contribution is 2.42. The number of carbonyl (C=O) groups is 2. The summed E-state index contributed by atoms with van der Waals surface area (Å²) in [5, 5.41) is 0. The fourth-order valence-corrected chi connectivity index (χ4v) is 5.64. The Labute approximate surface area is 226 Å². The molecule has 4 heterocycles. The van der Waals surface area contributed by atoms with Gasteiger partial charge in [0, 0.05) is 68.1 Å². The number of halogens is 2. The van der Waals surface area contributed by atoms with Crippen molar-refractivity contribution in [3.63, 3.8) is 0 Å². The molecule has 5 rings (SSSR count). The minimum absolute atomic E-state index is 0.0534. The molecule has 1 aliphatic carbocycles. The van der Waals surface area contributed by atoms with Gasteiger partial charge in [-0.25, -0.2) is 23.7 Å². The third kappa shape index (κ3) is 5.38. The molecule has 1 saturated carbocycles. The molecular formula is C29H35F2N5O3. The lowest BCUT2D eigenvalue weighted by molar-refractivity contribution is -0.0384. The molecule has 0 radical (unpaired) electrons. The van der Waals surface area contributed by atoms with Crippen molar-refractivity contribution in [1.82, 2.24) is 24.8 Å². The summed E-state index contributed by atoms with van der Waals surface area (Å²) >= 11 is 0. The zero-order valence-corrected chi connectivity index (χ0v) is 23.1. The normalized spacial score (nSPS) is 19.9. The Bertz CT molecular complexity index is 1390. The van der Waals surface area contributed by atoms with Crippen LogP contribution in [0.4, 0.5) is 8.78 Å². The van der Waals surface area contributed by atoms with Gasteiger partial charge in [0.1, 0.15) is 5.52 Å². The van der Waals surface area contributed by atoms with Crippen molar-refractivity contribution in [2.45, 2.75) is 83.1 Å². The van der Waals surface area contributed by atoms with Gasteiger partial charge in [0.25, 0.3) is 11.8 Å². The topological polar surface area (TPSA) is 92.4 Å². The van der Waals surface area contributed by atoms with E-state index in [4.69, 9.17) is 9.40 Å². The molecule has 0 unspecified atom stereocenters. The zero-order chi connectivity index (χ0) is 28.2. The van der Waals surface area contributed by atoms with E-state index in [-0.39, 0.29) is 47.6 Å². The molecule has 39 heavy (non-hydrogen) atoms. The van der Waals surface area contributed by atoms with Gasteiger partial charge in [0.05, 0.1) is 5.54 Å². The van der Waals surface area contributed by atoms with Gasteiger partial charge >= 0.3 is 0 Å². The molecule has 10 heteroatoms. The van der Waals surface area contributed by atoms with Gasteiger partial charge in [-0.1, -0.05) is 20.8 Å². The van der Waals surface area contributed by atoms with Crippen molar-refractivity contribution in [3.05, 3.63) is 53.4 Å². The van der Waals surface area contributed by atoms with Crippen LogP contribution in [0.3, 0.4) is 0 Å². The predicted octanol–water partition coefficient (Wildman–Crippen LogP) is 5.59. The highest BCUT2D eigenvalue weighted by Gasteiger charge is 2.41. The summed E-state index contributed by atoms with van der Waals surface area (Å²) in [7, 11) is 0. The molecule has 0 aromatic carbocycles. The molecule has 0 bridgehead atoms. The molecule has 8 nitrogen and oxygen atoms in total. The predicted molar refractivity (Wildman–Crippen MR) is 142 cm³/mol. The third-order valence-corrected chi connectivity index (χ3v) is 7.84. The summed E-state index contributed by atoms with van der Waals surface area (Å²) in [6.07, 6.45) is 3.53. The fourth-order valence-electron chi connectivity index (χ4n) is 5.64. The lowest BCUT2D eigenvalue weighted by Crippen LogP contribution is -2.62. The Kier molecular flexibility index (Phi) is 6.71. The van der Waals surface area contributed by atoms with Crippen LogP contribution in [-0.4, -0.2) is 67.7 Å². The van der Waals surface area contributed by atoms with E-state index >= 15 is 0 Å². The quantitative estimate of drug-likeness (QED) is 0.431. The maximum absolute atomic E-state index is 13.8. The Morgan fingerprint density at radius 2 is 1.69 bits per heavy atom. The van der Waals surface area contributed by atoms with E-state index in [1.54, 1.807) is 21.9 Å². The second-order valence-electron chi connectivity index (χ2n) is 12.4. The molecule has 1 saturated heterocycles. The fraction of sp³-hybridized carbons (Fsp3) is 0.552. The number of piperazine rings is 1. The number of aromatic nitrogens is 3. The highest BCUT2D eigenvalue weighted by atomic mass is 19.3. The van der Waals surface area contributed by atoms with E-state index in [0.717, 1.165) is 11.3 Å². The maximum Gasteiger partial charge on any atom is 0.291 e. The molecule has 0 N–H and O–H groups in total.